The summed E-state index contributed by atoms with van der Waals surface area (Å²) in [5.74, 6) is 1.71. The molecular weight excluding hydrogens is 264 g/mol. The first kappa shape index (κ1) is 14.1. The van der Waals surface area contributed by atoms with Crippen molar-refractivity contribution in [2.24, 2.45) is 22.9 Å². The van der Waals surface area contributed by atoms with Gasteiger partial charge >= 0.3 is 0 Å². The lowest BCUT2D eigenvalue weighted by molar-refractivity contribution is -0.122. The number of hydrazone groups is 1. The first-order chi connectivity index (χ1) is 10.2. The molecule has 0 heterocycles. The van der Waals surface area contributed by atoms with Gasteiger partial charge in [-0.05, 0) is 60.9 Å². The Bertz CT molecular complexity index is 538. The Morgan fingerprint density at radius 2 is 1.86 bits per heavy atom. The fourth-order valence-corrected chi connectivity index (χ4v) is 3.58. The van der Waals surface area contributed by atoms with Crippen molar-refractivity contribution in [1.82, 2.24) is 5.43 Å². The molecule has 2 N–H and O–H groups in total. The van der Waals surface area contributed by atoms with Crippen LogP contribution < -0.4 is 5.43 Å². The molecule has 112 valence electrons. The highest BCUT2D eigenvalue weighted by atomic mass is 16.3. The molecule has 1 amide bonds. The molecule has 1 aromatic carbocycles. The molecule has 3 rings (SSSR count). The Labute approximate surface area is 125 Å². The van der Waals surface area contributed by atoms with Crippen LogP contribution in [-0.2, 0) is 4.79 Å². The summed E-state index contributed by atoms with van der Waals surface area (Å²) < 4.78 is 0. The average molecular weight is 286 g/mol. The molecule has 2 aliphatic rings. The van der Waals surface area contributed by atoms with E-state index in [1.54, 1.807) is 12.1 Å². The van der Waals surface area contributed by atoms with Gasteiger partial charge in [0.05, 0.1) is 5.71 Å². The number of rotatable bonds is 4. The van der Waals surface area contributed by atoms with Crippen LogP contribution in [0.4, 0.5) is 0 Å². The molecule has 0 unspecified atom stereocenters. The highest BCUT2D eigenvalue weighted by Crippen LogP contribution is 2.55. The van der Waals surface area contributed by atoms with Crippen LogP contribution >= 0.6 is 0 Å². The minimum Gasteiger partial charge on any atom is -0.508 e. The summed E-state index contributed by atoms with van der Waals surface area (Å²) in [6, 6.07) is 6.91. The van der Waals surface area contributed by atoms with Gasteiger partial charge in [-0.2, -0.15) is 5.10 Å². The SMILES string of the molecule is CC/C(=N\NC(=O)C1[C@H]2CCCC[C@H]12)c1ccc(O)cc1. The van der Waals surface area contributed by atoms with E-state index in [9.17, 15) is 9.90 Å². The molecule has 21 heavy (non-hydrogen) atoms. The fourth-order valence-electron chi connectivity index (χ4n) is 3.58. The number of phenolic OH excluding ortho intramolecular Hbond substituents is 1. The van der Waals surface area contributed by atoms with Gasteiger partial charge in [0.1, 0.15) is 5.75 Å². The second kappa shape index (κ2) is 5.88. The lowest BCUT2D eigenvalue weighted by Crippen LogP contribution is -2.22. The van der Waals surface area contributed by atoms with Crippen molar-refractivity contribution >= 4 is 11.6 Å². The number of fused-ring (bicyclic) bond motifs is 1. The minimum atomic E-state index is 0.0802. The first-order valence-corrected chi connectivity index (χ1v) is 7.86. The zero-order valence-electron chi connectivity index (χ0n) is 12.4. The standard InChI is InChI=1S/C17H22N2O2/c1-2-15(11-7-9-12(20)10-8-11)18-19-17(21)16-13-5-3-4-6-14(13)16/h7-10,13-14,16,20H,2-6H2,1H3,(H,19,21)/b18-15+/t13-,14-/m0/s1. The maximum absolute atomic E-state index is 12.2. The van der Waals surface area contributed by atoms with E-state index >= 15 is 0 Å². The summed E-state index contributed by atoms with van der Waals surface area (Å²) in [6.07, 6.45) is 5.67. The van der Waals surface area contributed by atoms with Crippen molar-refractivity contribution in [3.8, 4) is 5.75 Å². The van der Waals surface area contributed by atoms with Gasteiger partial charge in [0, 0.05) is 5.92 Å². The predicted molar refractivity (Wildman–Crippen MR) is 82.0 cm³/mol. The molecule has 2 fully saturated rings. The van der Waals surface area contributed by atoms with E-state index in [-0.39, 0.29) is 17.6 Å². The van der Waals surface area contributed by atoms with Crippen molar-refractivity contribution in [2.45, 2.75) is 39.0 Å². The van der Waals surface area contributed by atoms with Crippen molar-refractivity contribution in [3.05, 3.63) is 29.8 Å². The molecule has 2 saturated carbocycles. The van der Waals surface area contributed by atoms with Gasteiger partial charge in [0.15, 0.2) is 0 Å². The monoisotopic (exact) mass is 286 g/mol. The minimum absolute atomic E-state index is 0.0802. The predicted octanol–water partition coefficient (Wildman–Crippen LogP) is 3.06. The Morgan fingerprint density at radius 3 is 2.43 bits per heavy atom. The number of hydrogen-bond donors (Lipinski definition) is 2. The zero-order valence-corrected chi connectivity index (χ0v) is 12.4. The smallest absolute Gasteiger partial charge is 0.243 e. The lowest BCUT2D eigenvalue weighted by Gasteiger charge is -2.05. The molecule has 2 atom stereocenters. The van der Waals surface area contributed by atoms with E-state index < -0.39 is 0 Å². The van der Waals surface area contributed by atoms with Crippen LogP contribution in [0, 0.1) is 17.8 Å². The van der Waals surface area contributed by atoms with E-state index in [0.29, 0.717) is 11.8 Å². The van der Waals surface area contributed by atoms with E-state index in [4.69, 9.17) is 0 Å². The lowest BCUT2D eigenvalue weighted by atomic mass is 10.0. The Kier molecular flexibility index (Phi) is 3.95. The van der Waals surface area contributed by atoms with Gasteiger partial charge in [0.25, 0.3) is 0 Å². The van der Waals surface area contributed by atoms with Crippen LogP contribution in [0.3, 0.4) is 0 Å². The molecule has 0 aliphatic heterocycles. The summed E-state index contributed by atoms with van der Waals surface area (Å²) in [6.45, 7) is 2.01. The second-order valence-electron chi connectivity index (χ2n) is 6.07. The van der Waals surface area contributed by atoms with Crippen LogP contribution in [-0.4, -0.2) is 16.7 Å². The maximum Gasteiger partial charge on any atom is 0.243 e. The van der Waals surface area contributed by atoms with Crippen molar-refractivity contribution in [3.63, 3.8) is 0 Å². The average Bonchev–Trinajstić information content (AvgIpc) is 3.24. The maximum atomic E-state index is 12.2. The van der Waals surface area contributed by atoms with E-state index in [0.717, 1.165) is 17.7 Å². The molecule has 0 spiro atoms. The highest BCUT2D eigenvalue weighted by molar-refractivity contribution is 6.01. The molecular formula is C17H22N2O2. The molecule has 0 bridgehead atoms. The number of carbonyl (C=O) groups excluding carboxylic acids is 1. The van der Waals surface area contributed by atoms with E-state index in [2.05, 4.69) is 10.5 Å². The second-order valence-corrected chi connectivity index (χ2v) is 6.07. The molecule has 0 saturated heterocycles. The van der Waals surface area contributed by atoms with E-state index in [1.807, 2.05) is 19.1 Å². The van der Waals surface area contributed by atoms with Gasteiger partial charge in [0.2, 0.25) is 5.91 Å². The Balaban J connectivity index is 1.63. The summed E-state index contributed by atoms with van der Waals surface area (Å²) in [5, 5.41) is 13.6. The molecule has 2 aliphatic carbocycles. The Morgan fingerprint density at radius 1 is 1.24 bits per heavy atom. The number of amides is 1. The molecule has 1 aromatic rings. The normalized spacial score (nSPS) is 27.9. The van der Waals surface area contributed by atoms with Gasteiger partial charge in [-0.1, -0.05) is 19.8 Å². The third kappa shape index (κ3) is 2.94. The molecule has 4 heteroatoms. The van der Waals surface area contributed by atoms with Crippen molar-refractivity contribution < 1.29 is 9.90 Å². The number of nitrogens with zero attached hydrogens (tertiary/aromatic N) is 1. The van der Waals surface area contributed by atoms with Crippen LogP contribution in [0.1, 0.15) is 44.6 Å². The van der Waals surface area contributed by atoms with Crippen LogP contribution in [0.25, 0.3) is 0 Å². The number of aromatic hydroxyl groups is 1. The number of benzene rings is 1. The molecule has 0 aromatic heterocycles. The van der Waals surface area contributed by atoms with Crippen molar-refractivity contribution in [2.75, 3.05) is 0 Å². The summed E-state index contributed by atoms with van der Waals surface area (Å²) >= 11 is 0. The van der Waals surface area contributed by atoms with Crippen LogP contribution in [0.15, 0.2) is 29.4 Å². The summed E-state index contributed by atoms with van der Waals surface area (Å²) in [5.41, 5.74) is 4.53. The summed E-state index contributed by atoms with van der Waals surface area (Å²) in [7, 11) is 0. The van der Waals surface area contributed by atoms with Gasteiger partial charge < -0.3 is 5.11 Å². The third-order valence-electron chi connectivity index (χ3n) is 4.80. The van der Waals surface area contributed by atoms with E-state index in [1.165, 1.54) is 25.7 Å². The fraction of sp³-hybridized carbons (Fsp3) is 0.529. The largest absolute Gasteiger partial charge is 0.508 e. The Hall–Kier alpha value is -1.84. The summed E-state index contributed by atoms with van der Waals surface area (Å²) in [4.78, 5) is 12.2. The number of carbonyl (C=O) groups is 1. The topological polar surface area (TPSA) is 61.7 Å². The highest BCUT2D eigenvalue weighted by Gasteiger charge is 2.54. The number of phenols is 1. The quantitative estimate of drug-likeness (QED) is 0.660. The van der Waals surface area contributed by atoms with Crippen LogP contribution in [0.2, 0.25) is 0 Å². The van der Waals surface area contributed by atoms with Crippen molar-refractivity contribution in [1.29, 1.82) is 0 Å². The van der Waals surface area contributed by atoms with Gasteiger partial charge in [-0.15, -0.1) is 0 Å². The number of nitrogens with one attached hydrogen (secondary N) is 1. The molecule has 4 nitrogen and oxygen atoms in total. The zero-order chi connectivity index (χ0) is 14.8. The third-order valence-corrected chi connectivity index (χ3v) is 4.80. The number of hydrogen-bond acceptors (Lipinski definition) is 3. The molecule has 0 radical (unpaired) electrons. The van der Waals surface area contributed by atoms with Gasteiger partial charge in [-0.25, -0.2) is 5.43 Å². The van der Waals surface area contributed by atoms with Crippen LogP contribution in [0.5, 0.6) is 5.75 Å². The van der Waals surface area contributed by atoms with Gasteiger partial charge in [-0.3, -0.25) is 4.79 Å². The first-order valence-electron chi connectivity index (χ1n) is 7.86.